The van der Waals surface area contributed by atoms with Crippen molar-refractivity contribution in [3.63, 3.8) is 0 Å². The Balaban J connectivity index is 3.46. The van der Waals surface area contributed by atoms with Crippen molar-refractivity contribution in [3.8, 4) is 0 Å². The van der Waals surface area contributed by atoms with Gasteiger partial charge < -0.3 is 4.42 Å². The molecule has 0 saturated carbocycles. The molecule has 0 saturated heterocycles. The van der Waals surface area contributed by atoms with Gasteiger partial charge in [0.15, 0.2) is 5.82 Å². The average molecular weight is 146 g/mol. The normalized spacial score (nSPS) is 9.90. The van der Waals surface area contributed by atoms with E-state index in [0.29, 0.717) is 0 Å². The van der Waals surface area contributed by atoms with E-state index in [4.69, 9.17) is 0 Å². The standard InChI is InChI=1S/C6H4F2O2/c1-3-2-4(7)5(8)6(9)10-3/h2H,1H3. The Morgan fingerprint density at radius 3 is 2.60 bits per heavy atom. The van der Waals surface area contributed by atoms with Crippen molar-refractivity contribution in [1.29, 1.82) is 0 Å². The van der Waals surface area contributed by atoms with Gasteiger partial charge in [-0.15, -0.1) is 0 Å². The summed E-state index contributed by atoms with van der Waals surface area (Å²) in [6.07, 6.45) is 0. The largest absolute Gasteiger partial charge is 0.426 e. The smallest absolute Gasteiger partial charge is 0.375 e. The van der Waals surface area contributed by atoms with Gasteiger partial charge in [0.2, 0.25) is 5.82 Å². The van der Waals surface area contributed by atoms with Crippen molar-refractivity contribution >= 4 is 0 Å². The molecule has 0 aliphatic rings. The van der Waals surface area contributed by atoms with Crippen LogP contribution in [-0.4, -0.2) is 0 Å². The van der Waals surface area contributed by atoms with Crippen LogP contribution in [0.15, 0.2) is 15.3 Å². The van der Waals surface area contributed by atoms with E-state index in [2.05, 4.69) is 4.42 Å². The van der Waals surface area contributed by atoms with Crippen molar-refractivity contribution in [2.75, 3.05) is 0 Å². The molecule has 1 aromatic heterocycles. The molecule has 0 radical (unpaired) electrons. The Morgan fingerprint density at radius 1 is 1.50 bits per heavy atom. The third-order valence-corrected chi connectivity index (χ3v) is 0.973. The van der Waals surface area contributed by atoms with Gasteiger partial charge in [-0.25, -0.2) is 9.18 Å². The highest BCUT2D eigenvalue weighted by Crippen LogP contribution is 2.01. The minimum atomic E-state index is -1.47. The fraction of sp³-hybridized carbons (Fsp3) is 0.167. The van der Waals surface area contributed by atoms with Gasteiger partial charge in [-0.3, -0.25) is 0 Å². The molecule has 2 nitrogen and oxygen atoms in total. The Labute approximate surface area is 55.1 Å². The summed E-state index contributed by atoms with van der Waals surface area (Å²) in [7, 11) is 0. The molecule has 0 bridgehead atoms. The van der Waals surface area contributed by atoms with Gasteiger partial charge in [-0.2, -0.15) is 4.39 Å². The predicted octanol–water partition coefficient (Wildman–Crippen LogP) is 1.23. The predicted molar refractivity (Wildman–Crippen MR) is 29.6 cm³/mol. The van der Waals surface area contributed by atoms with E-state index in [1.54, 1.807) is 0 Å². The van der Waals surface area contributed by atoms with Crippen LogP contribution >= 0.6 is 0 Å². The van der Waals surface area contributed by atoms with Crippen molar-refractivity contribution < 1.29 is 13.2 Å². The number of rotatable bonds is 0. The molecule has 0 aromatic carbocycles. The highest BCUT2D eigenvalue weighted by molar-refractivity contribution is 5.01. The second-order valence-corrected chi connectivity index (χ2v) is 1.81. The van der Waals surface area contributed by atoms with Gasteiger partial charge in [-0.1, -0.05) is 0 Å². The lowest BCUT2D eigenvalue weighted by Gasteiger charge is -1.90. The Kier molecular flexibility index (Phi) is 1.53. The summed E-state index contributed by atoms with van der Waals surface area (Å²) < 4.78 is 28.6. The third-order valence-electron chi connectivity index (χ3n) is 0.973. The Bertz CT molecular complexity index is 303. The van der Waals surface area contributed by atoms with Gasteiger partial charge in [0.1, 0.15) is 5.76 Å². The zero-order valence-electron chi connectivity index (χ0n) is 5.15. The molecule has 0 atom stereocenters. The molecule has 10 heavy (non-hydrogen) atoms. The van der Waals surface area contributed by atoms with Gasteiger partial charge in [0.25, 0.3) is 0 Å². The molecular formula is C6H4F2O2. The fourth-order valence-electron chi connectivity index (χ4n) is 0.560. The second kappa shape index (κ2) is 2.21. The molecule has 0 aliphatic heterocycles. The maximum atomic E-state index is 12.2. The molecule has 1 rings (SSSR count). The summed E-state index contributed by atoms with van der Waals surface area (Å²) >= 11 is 0. The average Bonchev–Trinajstić information content (AvgIpc) is 1.82. The first-order chi connectivity index (χ1) is 4.61. The number of aryl methyl sites for hydroxylation is 1. The molecule has 0 amide bonds. The van der Waals surface area contributed by atoms with Crippen LogP contribution in [0, 0.1) is 18.6 Å². The Morgan fingerprint density at radius 2 is 2.10 bits per heavy atom. The first kappa shape index (κ1) is 6.92. The summed E-state index contributed by atoms with van der Waals surface area (Å²) in [5.74, 6) is -2.58. The van der Waals surface area contributed by atoms with Crippen LogP contribution in [0.1, 0.15) is 5.76 Å². The van der Waals surface area contributed by atoms with Crippen molar-refractivity contribution in [2.45, 2.75) is 6.92 Å². The molecule has 0 spiro atoms. The molecule has 0 N–H and O–H groups in total. The molecule has 1 heterocycles. The van der Waals surface area contributed by atoms with Crippen LogP contribution in [0.3, 0.4) is 0 Å². The third kappa shape index (κ3) is 1.05. The van der Waals surface area contributed by atoms with E-state index in [-0.39, 0.29) is 5.76 Å². The zero-order chi connectivity index (χ0) is 7.72. The van der Waals surface area contributed by atoms with E-state index in [0.717, 1.165) is 6.07 Å². The first-order valence-electron chi connectivity index (χ1n) is 2.57. The molecule has 0 unspecified atom stereocenters. The lowest BCUT2D eigenvalue weighted by atomic mass is 10.4. The quantitative estimate of drug-likeness (QED) is 0.551. The highest BCUT2D eigenvalue weighted by atomic mass is 19.2. The number of hydrogen-bond donors (Lipinski definition) is 0. The van der Waals surface area contributed by atoms with E-state index in [1.807, 2.05) is 0 Å². The van der Waals surface area contributed by atoms with Crippen LogP contribution in [0.2, 0.25) is 0 Å². The lowest BCUT2D eigenvalue weighted by Crippen LogP contribution is -2.07. The van der Waals surface area contributed by atoms with E-state index in [9.17, 15) is 13.6 Å². The van der Waals surface area contributed by atoms with Crippen molar-refractivity contribution in [3.05, 3.63) is 33.9 Å². The van der Waals surface area contributed by atoms with Gasteiger partial charge >= 0.3 is 5.63 Å². The fourth-order valence-corrected chi connectivity index (χ4v) is 0.560. The number of hydrogen-bond acceptors (Lipinski definition) is 2. The van der Waals surface area contributed by atoms with Crippen LogP contribution in [0.25, 0.3) is 0 Å². The maximum absolute atomic E-state index is 12.2. The lowest BCUT2D eigenvalue weighted by molar-refractivity contribution is 0.393. The van der Waals surface area contributed by atoms with Crippen molar-refractivity contribution in [1.82, 2.24) is 0 Å². The second-order valence-electron chi connectivity index (χ2n) is 1.81. The molecule has 0 aliphatic carbocycles. The van der Waals surface area contributed by atoms with Crippen LogP contribution < -0.4 is 5.63 Å². The van der Waals surface area contributed by atoms with Crippen LogP contribution in [0.4, 0.5) is 8.78 Å². The van der Waals surface area contributed by atoms with Crippen LogP contribution in [0.5, 0.6) is 0 Å². The van der Waals surface area contributed by atoms with Crippen LogP contribution in [-0.2, 0) is 0 Å². The minimum Gasteiger partial charge on any atom is -0.426 e. The zero-order valence-corrected chi connectivity index (χ0v) is 5.15. The Hall–Kier alpha value is -1.19. The molecule has 4 heteroatoms. The molecule has 0 fully saturated rings. The van der Waals surface area contributed by atoms with Gasteiger partial charge in [0, 0.05) is 6.07 Å². The molecular weight excluding hydrogens is 142 g/mol. The number of halogens is 2. The van der Waals surface area contributed by atoms with Gasteiger partial charge in [0.05, 0.1) is 0 Å². The minimum absolute atomic E-state index is 0.0592. The summed E-state index contributed by atoms with van der Waals surface area (Å²) in [5.41, 5.74) is -1.27. The van der Waals surface area contributed by atoms with E-state index < -0.39 is 17.3 Å². The van der Waals surface area contributed by atoms with Crippen molar-refractivity contribution in [2.24, 2.45) is 0 Å². The van der Waals surface area contributed by atoms with E-state index in [1.165, 1.54) is 6.92 Å². The summed E-state index contributed by atoms with van der Waals surface area (Å²) in [6, 6.07) is 0.816. The highest BCUT2D eigenvalue weighted by Gasteiger charge is 2.07. The van der Waals surface area contributed by atoms with E-state index >= 15 is 0 Å². The first-order valence-corrected chi connectivity index (χ1v) is 2.57. The SMILES string of the molecule is Cc1cc(F)c(F)c(=O)o1. The topological polar surface area (TPSA) is 30.2 Å². The summed E-state index contributed by atoms with van der Waals surface area (Å²) in [4.78, 5) is 10.3. The summed E-state index contributed by atoms with van der Waals surface area (Å²) in [5, 5.41) is 0. The molecule has 54 valence electrons. The van der Waals surface area contributed by atoms with Gasteiger partial charge in [-0.05, 0) is 6.92 Å². The monoisotopic (exact) mass is 146 g/mol. The summed E-state index contributed by atoms with van der Waals surface area (Å²) in [6.45, 7) is 1.36. The maximum Gasteiger partial charge on any atom is 0.375 e. The molecule has 1 aromatic rings.